The summed E-state index contributed by atoms with van der Waals surface area (Å²) in [6.07, 6.45) is 3.10. The number of nitrogens with one attached hydrogen (secondary N) is 1. The zero-order valence-electron chi connectivity index (χ0n) is 8.12. The lowest BCUT2D eigenvalue weighted by molar-refractivity contribution is 0.101. The molecule has 0 unspecified atom stereocenters. The molecule has 0 radical (unpaired) electrons. The van der Waals surface area contributed by atoms with Crippen LogP contribution in [0.2, 0.25) is 0 Å². The number of hydrogen-bond acceptors (Lipinski definition) is 2. The van der Waals surface area contributed by atoms with Crippen LogP contribution in [0.3, 0.4) is 0 Å². The van der Waals surface area contributed by atoms with Crippen molar-refractivity contribution in [2.45, 2.75) is 6.92 Å². The van der Waals surface area contributed by atoms with E-state index in [2.05, 4.69) is 10.2 Å². The number of Topliss-reactive ketones (excluding diaryl/α,β-unsaturated/α-hetero) is 1. The van der Waals surface area contributed by atoms with Crippen LogP contribution in [0.4, 0.5) is 4.39 Å². The number of carbonyl (C=O) groups excluding carboxylic acids is 1. The number of nitrogens with zero attached hydrogens (tertiary/aromatic N) is 1. The number of aromatic nitrogens is 2. The fourth-order valence-corrected chi connectivity index (χ4v) is 1.36. The minimum absolute atomic E-state index is 0.0836. The van der Waals surface area contributed by atoms with E-state index in [1.807, 2.05) is 0 Å². The Kier molecular flexibility index (Phi) is 2.33. The van der Waals surface area contributed by atoms with Gasteiger partial charge in [0, 0.05) is 22.9 Å². The second-order valence-corrected chi connectivity index (χ2v) is 3.24. The maximum absolute atomic E-state index is 13.4. The van der Waals surface area contributed by atoms with Gasteiger partial charge in [0.2, 0.25) is 0 Å². The molecule has 0 aliphatic carbocycles. The lowest BCUT2D eigenvalue weighted by Gasteiger charge is -2.02. The van der Waals surface area contributed by atoms with Gasteiger partial charge in [0.1, 0.15) is 5.82 Å². The molecule has 76 valence electrons. The number of H-pyrrole nitrogens is 1. The molecule has 0 atom stereocenters. The fraction of sp³-hybridized carbons (Fsp3) is 0.0909. The summed E-state index contributed by atoms with van der Waals surface area (Å²) in [6, 6.07) is 4.29. The van der Waals surface area contributed by atoms with Crippen LogP contribution in [0.1, 0.15) is 17.3 Å². The zero-order chi connectivity index (χ0) is 10.8. The van der Waals surface area contributed by atoms with Crippen LogP contribution in [-0.2, 0) is 0 Å². The topological polar surface area (TPSA) is 45.8 Å². The van der Waals surface area contributed by atoms with Gasteiger partial charge in [-0.25, -0.2) is 4.39 Å². The van der Waals surface area contributed by atoms with Gasteiger partial charge in [-0.05, 0) is 25.1 Å². The predicted molar refractivity (Wildman–Crippen MR) is 54.0 cm³/mol. The molecule has 1 heterocycles. The van der Waals surface area contributed by atoms with Crippen molar-refractivity contribution in [3.05, 3.63) is 42.0 Å². The van der Waals surface area contributed by atoms with Gasteiger partial charge in [-0.1, -0.05) is 0 Å². The maximum atomic E-state index is 13.4. The molecule has 0 spiro atoms. The number of halogens is 1. The van der Waals surface area contributed by atoms with Crippen molar-refractivity contribution in [3.8, 4) is 11.1 Å². The fourth-order valence-electron chi connectivity index (χ4n) is 1.36. The summed E-state index contributed by atoms with van der Waals surface area (Å²) in [7, 11) is 0. The van der Waals surface area contributed by atoms with E-state index < -0.39 is 0 Å². The molecular weight excluding hydrogens is 195 g/mol. The van der Waals surface area contributed by atoms with Gasteiger partial charge >= 0.3 is 0 Å². The van der Waals surface area contributed by atoms with Gasteiger partial charge in [-0.3, -0.25) is 9.89 Å². The van der Waals surface area contributed by atoms with Crippen LogP contribution in [-0.4, -0.2) is 16.0 Å². The van der Waals surface area contributed by atoms with Crippen molar-refractivity contribution in [2.24, 2.45) is 0 Å². The average molecular weight is 204 g/mol. The first-order valence-corrected chi connectivity index (χ1v) is 4.48. The highest BCUT2D eigenvalue weighted by Gasteiger charge is 2.08. The molecule has 0 aliphatic heterocycles. The normalized spacial score (nSPS) is 10.3. The molecule has 0 saturated carbocycles. The maximum Gasteiger partial charge on any atom is 0.159 e. The van der Waals surface area contributed by atoms with Gasteiger partial charge in [-0.15, -0.1) is 0 Å². The van der Waals surface area contributed by atoms with E-state index in [0.717, 1.165) is 0 Å². The van der Waals surface area contributed by atoms with Gasteiger partial charge in [0.05, 0.1) is 6.20 Å². The molecule has 2 rings (SSSR count). The Balaban J connectivity index is 2.55. The third-order valence-corrected chi connectivity index (χ3v) is 2.18. The van der Waals surface area contributed by atoms with E-state index in [-0.39, 0.29) is 11.6 Å². The molecule has 4 heteroatoms. The number of benzene rings is 1. The molecule has 15 heavy (non-hydrogen) atoms. The molecule has 2 aromatic rings. The van der Waals surface area contributed by atoms with Crippen molar-refractivity contribution in [3.63, 3.8) is 0 Å². The number of hydrogen-bond donors (Lipinski definition) is 1. The zero-order valence-corrected chi connectivity index (χ0v) is 8.12. The number of ketones is 1. The lowest BCUT2D eigenvalue weighted by Crippen LogP contribution is -1.93. The minimum Gasteiger partial charge on any atom is -0.295 e. The van der Waals surface area contributed by atoms with Crippen LogP contribution < -0.4 is 0 Å². The molecule has 1 aromatic heterocycles. The molecule has 0 amide bonds. The monoisotopic (exact) mass is 204 g/mol. The average Bonchev–Trinajstić information content (AvgIpc) is 2.71. The highest BCUT2D eigenvalue weighted by Crippen LogP contribution is 2.22. The Morgan fingerprint density at radius 2 is 2.27 bits per heavy atom. The van der Waals surface area contributed by atoms with Crippen LogP contribution in [0.25, 0.3) is 11.1 Å². The molecule has 0 saturated heterocycles. The Hall–Kier alpha value is -1.97. The van der Waals surface area contributed by atoms with Crippen molar-refractivity contribution >= 4 is 5.78 Å². The quantitative estimate of drug-likeness (QED) is 0.763. The summed E-state index contributed by atoms with van der Waals surface area (Å²) >= 11 is 0. The number of aromatic amines is 1. The van der Waals surface area contributed by atoms with Gasteiger partial charge in [0.15, 0.2) is 5.78 Å². The predicted octanol–water partition coefficient (Wildman–Crippen LogP) is 2.42. The van der Waals surface area contributed by atoms with Crippen LogP contribution in [0, 0.1) is 5.82 Å². The summed E-state index contributed by atoms with van der Waals surface area (Å²) in [5, 5.41) is 6.34. The van der Waals surface area contributed by atoms with E-state index in [1.54, 1.807) is 6.20 Å². The third-order valence-electron chi connectivity index (χ3n) is 2.18. The van der Waals surface area contributed by atoms with E-state index in [9.17, 15) is 9.18 Å². The molecule has 0 bridgehead atoms. The summed E-state index contributed by atoms with van der Waals surface area (Å²) in [6.45, 7) is 1.45. The second-order valence-electron chi connectivity index (χ2n) is 3.24. The molecule has 1 aromatic carbocycles. The largest absolute Gasteiger partial charge is 0.295 e. The molecular formula is C11H9FN2O. The first-order chi connectivity index (χ1) is 7.18. The van der Waals surface area contributed by atoms with Gasteiger partial charge in [-0.2, -0.15) is 5.10 Å². The van der Waals surface area contributed by atoms with Gasteiger partial charge in [0.25, 0.3) is 0 Å². The van der Waals surface area contributed by atoms with Crippen molar-refractivity contribution in [1.29, 1.82) is 0 Å². The van der Waals surface area contributed by atoms with Crippen molar-refractivity contribution < 1.29 is 9.18 Å². The van der Waals surface area contributed by atoms with Gasteiger partial charge < -0.3 is 0 Å². The molecule has 0 aliphatic rings. The molecule has 1 N–H and O–H groups in total. The van der Waals surface area contributed by atoms with E-state index >= 15 is 0 Å². The number of rotatable bonds is 2. The Labute approximate surface area is 85.9 Å². The standard InChI is InChI=1S/C11H9FN2O/c1-7(15)8-2-3-11(12)10(4-8)9-5-13-14-6-9/h2-6H,1H3,(H,13,14). The van der Waals surface area contributed by atoms with E-state index in [0.29, 0.717) is 16.7 Å². The first kappa shape index (κ1) is 9.58. The van der Waals surface area contributed by atoms with Crippen LogP contribution in [0.15, 0.2) is 30.6 Å². The van der Waals surface area contributed by atoms with Crippen LogP contribution in [0.5, 0.6) is 0 Å². The van der Waals surface area contributed by atoms with Crippen LogP contribution >= 0.6 is 0 Å². The van der Waals surface area contributed by atoms with E-state index in [1.165, 1.54) is 31.3 Å². The highest BCUT2D eigenvalue weighted by molar-refractivity contribution is 5.95. The Morgan fingerprint density at radius 1 is 1.47 bits per heavy atom. The summed E-state index contributed by atoms with van der Waals surface area (Å²) in [5.74, 6) is -0.443. The minimum atomic E-state index is -0.360. The smallest absolute Gasteiger partial charge is 0.159 e. The third kappa shape index (κ3) is 1.79. The Morgan fingerprint density at radius 3 is 2.87 bits per heavy atom. The van der Waals surface area contributed by atoms with Crippen molar-refractivity contribution in [2.75, 3.05) is 0 Å². The number of carbonyl (C=O) groups is 1. The SMILES string of the molecule is CC(=O)c1ccc(F)c(-c2cn[nH]c2)c1. The molecule has 0 fully saturated rings. The lowest BCUT2D eigenvalue weighted by atomic mass is 10.0. The Bertz CT molecular complexity index is 491. The first-order valence-electron chi connectivity index (χ1n) is 4.48. The summed E-state index contributed by atoms with van der Waals surface area (Å²) in [5.41, 5.74) is 1.51. The summed E-state index contributed by atoms with van der Waals surface area (Å²) < 4.78 is 13.4. The van der Waals surface area contributed by atoms with Crippen molar-refractivity contribution in [1.82, 2.24) is 10.2 Å². The van der Waals surface area contributed by atoms with E-state index in [4.69, 9.17) is 0 Å². The summed E-state index contributed by atoms with van der Waals surface area (Å²) in [4.78, 5) is 11.1. The molecule has 3 nitrogen and oxygen atoms in total. The highest BCUT2D eigenvalue weighted by atomic mass is 19.1. The second kappa shape index (κ2) is 3.65.